The maximum absolute atomic E-state index is 5.72. The molecule has 2 N–H and O–H groups in total. The van der Waals surface area contributed by atoms with Gasteiger partial charge in [-0.15, -0.1) is 0 Å². The van der Waals surface area contributed by atoms with Crippen molar-refractivity contribution in [2.24, 2.45) is 17.6 Å². The van der Waals surface area contributed by atoms with Crippen LogP contribution in [0.15, 0.2) is 0 Å². The molecular formula is C9H15N. The second-order valence-electron chi connectivity index (χ2n) is 3.33. The lowest BCUT2D eigenvalue weighted by atomic mass is 10.1. The molecule has 0 radical (unpaired) electrons. The molecule has 1 nitrogen and oxygen atoms in total. The van der Waals surface area contributed by atoms with E-state index in [4.69, 9.17) is 5.73 Å². The zero-order valence-corrected chi connectivity index (χ0v) is 6.72. The first kappa shape index (κ1) is 7.63. The van der Waals surface area contributed by atoms with Crippen LogP contribution < -0.4 is 5.73 Å². The highest BCUT2D eigenvalue weighted by Crippen LogP contribution is 2.27. The number of rotatable bonds is 1. The summed E-state index contributed by atoms with van der Waals surface area (Å²) in [5.74, 6) is 7.41. The van der Waals surface area contributed by atoms with Crippen molar-refractivity contribution < 1.29 is 0 Å². The average molecular weight is 137 g/mol. The summed E-state index contributed by atoms with van der Waals surface area (Å²) in [5.41, 5.74) is 5.72. The lowest BCUT2D eigenvalue weighted by Gasteiger charge is -2.06. The lowest BCUT2D eigenvalue weighted by Crippen LogP contribution is -2.23. The van der Waals surface area contributed by atoms with Gasteiger partial charge in [0.05, 0.1) is 6.04 Å². The van der Waals surface area contributed by atoms with Crippen LogP contribution in [0.2, 0.25) is 0 Å². The summed E-state index contributed by atoms with van der Waals surface area (Å²) >= 11 is 0. The molecule has 0 spiro atoms. The van der Waals surface area contributed by atoms with E-state index in [9.17, 15) is 0 Å². The van der Waals surface area contributed by atoms with Gasteiger partial charge >= 0.3 is 0 Å². The monoisotopic (exact) mass is 137 g/mol. The molecule has 0 heterocycles. The van der Waals surface area contributed by atoms with Crippen molar-refractivity contribution in [1.29, 1.82) is 0 Å². The average Bonchev–Trinajstić information content (AvgIpc) is 2.64. The molecule has 0 unspecified atom stereocenters. The van der Waals surface area contributed by atoms with Gasteiger partial charge in [0.15, 0.2) is 0 Å². The minimum Gasteiger partial charge on any atom is -0.317 e. The van der Waals surface area contributed by atoms with Crippen molar-refractivity contribution in [3.8, 4) is 11.8 Å². The predicted molar refractivity (Wildman–Crippen MR) is 43.3 cm³/mol. The van der Waals surface area contributed by atoms with Gasteiger partial charge in [-0.2, -0.15) is 0 Å². The third kappa shape index (κ3) is 2.41. The SMILES string of the molecule is CC(C)[C@@H](N)C#CC1CC1. The summed E-state index contributed by atoms with van der Waals surface area (Å²) in [6.45, 7) is 4.21. The third-order valence-electron chi connectivity index (χ3n) is 1.75. The summed E-state index contributed by atoms with van der Waals surface area (Å²) in [5, 5.41) is 0. The van der Waals surface area contributed by atoms with Crippen LogP contribution in [0.1, 0.15) is 26.7 Å². The maximum atomic E-state index is 5.72. The lowest BCUT2D eigenvalue weighted by molar-refractivity contribution is 0.584. The molecule has 56 valence electrons. The van der Waals surface area contributed by atoms with Crippen LogP contribution in [0.25, 0.3) is 0 Å². The fraction of sp³-hybridized carbons (Fsp3) is 0.778. The molecule has 1 heteroatoms. The van der Waals surface area contributed by atoms with E-state index in [-0.39, 0.29) is 6.04 Å². The van der Waals surface area contributed by atoms with E-state index in [2.05, 4.69) is 25.7 Å². The van der Waals surface area contributed by atoms with Gasteiger partial charge in [0, 0.05) is 5.92 Å². The van der Waals surface area contributed by atoms with Gasteiger partial charge in [-0.1, -0.05) is 25.7 Å². The minimum absolute atomic E-state index is 0.0839. The summed E-state index contributed by atoms with van der Waals surface area (Å²) in [6.07, 6.45) is 2.58. The molecule has 0 amide bonds. The highest BCUT2D eigenvalue weighted by atomic mass is 14.6. The van der Waals surface area contributed by atoms with Crippen molar-refractivity contribution in [2.75, 3.05) is 0 Å². The van der Waals surface area contributed by atoms with Gasteiger partial charge < -0.3 is 5.73 Å². The first-order valence-corrected chi connectivity index (χ1v) is 3.97. The molecule has 0 bridgehead atoms. The minimum atomic E-state index is 0.0839. The predicted octanol–water partition coefficient (Wildman–Crippen LogP) is 1.38. The second kappa shape index (κ2) is 3.07. The van der Waals surface area contributed by atoms with Crippen LogP contribution in [0.3, 0.4) is 0 Å². The molecule has 1 aliphatic carbocycles. The van der Waals surface area contributed by atoms with Crippen molar-refractivity contribution in [2.45, 2.75) is 32.7 Å². The quantitative estimate of drug-likeness (QED) is 0.543. The Labute approximate surface area is 63.0 Å². The first-order chi connectivity index (χ1) is 4.70. The van der Waals surface area contributed by atoms with E-state index in [1.807, 2.05) is 0 Å². The Morgan fingerprint density at radius 3 is 2.40 bits per heavy atom. The highest BCUT2D eigenvalue weighted by Gasteiger charge is 2.18. The summed E-state index contributed by atoms with van der Waals surface area (Å²) in [4.78, 5) is 0. The molecule has 1 saturated carbocycles. The molecule has 0 aromatic heterocycles. The van der Waals surface area contributed by atoms with E-state index >= 15 is 0 Å². The van der Waals surface area contributed by atoms with Crippen molar-refractivity contribution in [3.63, 3.8) is 0 Å². The van der Waals surface area contributed by atoms with Gasteiger partial charge in [-0.05, 0) is 18.8 Å². The standard InChI is InChI=1S/C9H15N/c1-7(2)9(10)6-5-8-3-4-8/h7-9H,3-4,10H2,1-2H3/t9-/m0/s1. The van der Waals surface area contributed by atoms with Gasteiger partial charge in [0.2, 0.25) is 0 Å². The molecule has 0 aromatic rings. The summed E-state index contributed by atoms with van der Waals surface area (Å²) < 4.78 is 0. The topological polar surface area (TPSA) is 26.0 Å². The van der Waals surface area contributed by atoms with E-state index in [1.165, 1.54) is 12.8 Å². The Bertz CT molecular complexity index is 157. The van der Waals surface area contributed by atoms with E-state index < -0.39 is 0 Å². The molecule has 0 saturated heterocycles. The summed E-state index contributed by atoms with van der Waals surface area (Å²) in [7, 11) is 0. The van der Waals surface area contributed by atoms with Crippen LogP contribution in [-0.2, 0) is 0 Å². The van der Waals surface area contributed by atoms with Gasteiger partial charge in [0.25, 0.3) is 0 Å². The van der Waals surface area contributed by atoms with E-state index in [0.717, 1.165) is 0 Å². The van der Waals surface area contributed by atoms with E-state index in [0.29, 0.717) is 11.8 Å². The van der Waals surface area contributed by atoms with Gasteiger partial charge in [0.1, 0.15) is 0 Å². The molecular weight excluding hydrogens is 122 g/mol. The van der Waals surface area contributed by atoms with Crippen LogP contribution in [-0.4, -0.2) is 6.04 Å². The highest BCUT2D eigenvalue weighted by molar-refractivity contribution is 5.14. The molecule has 1 atom stereocenters. The van der Waals surface area contributed by atoms with Crippen molar-refractivity contribution in [1.82, 2.24) is 0 Å². The first-order valence-electron chi connectivity index (χ1n) is 3.97. The normalized spacial score (nSPS) is 20.0. The Balaban J connectivity index is 2.29. The zero-order valence-electron chi connectivity index (χ0n) is 6.72. The van der Waals surface area contributed by atoms with Crippen molar-refractivity contribution in [3.05, 3.63) is 0 Å². The van der Waals surface area contributed by atoms with Crippen LogP contribution in [0, 0.1) is 23.7 Å². The number of nitrogens with two attached hydrogens (primary N) is 1. The largest absolute Gasteiger partial charge is 0.317 e. The van der Waals surface area contributed by atoms with Gasteiger partial charge in [-0.25, -0.2) is 0 Å². The Morgan fingerprint density at radius 2 is 2.00 bits per heavy atom. The molecule has 10 heavy (non-hydrogen) atoms. The maximum Gasteiger partial charge on any atom is 0.0687 e. The van der Waals surface area contributed by atoms with E-state index in [1.54, 1.807) is 0 Å². The second-order valence-corrected chi connectivity index (χ2v) is 3.33. The Morgan fingerprint density at radius 1 is 1.40 bits per heavy atom. The third-order valence-corrected chi connectivity index (χ3v) is 1.75. The number of hydrogen-bond acceptors (Lipinski definition) is 1. The van der Waals surface area contributed by atoms with Gasteiger partial charge in [-0.3, -0.25) is 0 Å². The smallest absolute Gasteiger partial charge is 0.0687 e. The molecule has 1 aliphatic rings. The molecule has 0 aromatic carbocycles. The van der Waals surface area contributed by atoms with Crippen molar-refractivity contribution >= 4 is 0 Å². The molecule has 0 aliphatic heterocycles. The van der Waals surface area contributed by atoms with Crippen LogP contribution in [0.5, 0.6) is 0 Å². The van der Waals surface area contributed by atoms with Crippen LogP contribution in [0.4, 0.5) is 0 Å². The molecule has 1 fully saturated rings. The Hall–Kier alpha value is -0.480. The molecule has 1 rings (SSSR count). The fourth-order valence-corrected chi connectivity index (χ4v) is 0.608. The number of hydrogen-bond donors (Lipinski definition) is 1. The zero-order chi connectivity index (χ0) is 7.56. The Kier molecular flexibility index (Phi) is 2.34. The van der Waals surface area contributed by atoms with Crippen LogP contribution >= 0.6 is 0 Å². The fourth-order valence-electron chi connectivity index (χ4n) is 0.608. The summed E-state index contributed by atoms with van der Waals surface area (Å²) in [6, 6.07) is 0.0839.